The largest absolute Gasteiger partial charge is 0.379 e. The first-order chi connectivity index (χ1) is 22.3. The second-order valence-electron chi connectivity index (χ2n) is 12.9. The summed E-state index contributed by atoms with van der Waals surface area (Å²) in [5, 5.41) is 4.58. The van der Waals surface area contributed by atoms with Gasteiger partial charge in [-0.25, -0.2) is 0 Å². The predicted molar refractivity (Wildman–Crippen MR) is 194 cm³/mol. The van der Waals surface area contributed by atoms with E-state index in [0.717, 1.165) is 80.7 Å². The number of allylic oxidation sites excluding steroid dienone is 4. The molecule has 5 rings (SSSR count). The second kappa shape index (κ2) is 16.1. The van der Waals surface area contributed by atoms with Crippen molar-refractivity contribution in [3.8, 4) is 0 Å². The smallest absolute Gasteiger partial charge is 0.222 e. The number of hydrogen-bond donors (Lipinski definition) is 1. The summed E-state index contributed by atoms with van der Waals surface area (Å²) in [5.41, 5.74) is 11.7. The Morgan fingerprint density at radius 1 is 1.02 bits per heavy atom. The molecule has 0 aromatic heterocycles. The molecule has 1 aliphatic carbocycles. The molecule has 1 amide bonds. The van der Waals surface area contributed by atoms with Gasteiger partial charge in [0.25, 0.3) is 0 Å². The molecule has 46 heavy (non-hydrogen) atoms. The van der Waals surface area contributed by atoms with E-state index in [1.54, 1.807) is 0 Å². The number of likely N-dealkylation sites (tertiary alicyclic amines) is 1. The van der Waals surface area contributed by atoms with Crippen molar-refractivity contribution in [3.63, 3.8) is 0 Å². The highest BCUT2D eigenvalue weighted by Crippen LogP contribution is 2.38. The van der Waals surface area contributed by atoms with E-state index in [2.05, 4.69) is 99.1 Å². The molecule has 1 aliphatic heterocycles. The van der Waals surface area contributed by atoms with E-state index in [9.17, 15) is 4.79 Å². The van der Waals surface area contributed by atoms with Gasteiger partial charge in [-0.05, 0) is 115 Å². The van der Waals surface area contributed by atoms with E-state index in [0.29, 0.717) is 18.2 Å². The second-order valence-corrected chi connectivity index (χ2v) is 13.4. The highest BCUT2D eigenvalue weighted by molar-refractivity contribution is 6.30. The van der Waals surface area contributed by atoms with Crippen LogP contribution in [0.4, 0.5) is 0 Å². The number of nitrogens with one attached hydrogen (secondary N) is 1. The van der Waals surface area contributed by atoms with Gasteiger partial charge < -0.3 is 10.2 Å². The average molecular weight is 633 g/mol. The topological polar surface area (TPSA) is 32.3 Å². The Kier molecular flexibility index (Phi) is 11.8. The number of carbonyl (C=O) groups excluding carboxylic acids is 1. The van der Waals surface area contributed by atoms with Gasteiger partial charge in [-0.2, -0.15) is 0 Å². The van der Waals surface area contributed by atoms with Crippen molar-refractivity contribution in [2.45, 2.75) is 90.1 Å². The lowest BCUT2D eigenvalue weighted by molar-refractivity contribution is -0.128. The standard InChI is InChI=1S/C42H49ClN2O/c1-5-11-36(28-41-30(3)12-9-14-34(41)6-2)31(4)44-39(27-33-19-23-38(43)24-20-33)26-32-17-21-35(22-18-32)40-15-8-7-13-37(40)29-45-25-10-16-42(45)46/h5,7-9,11-15,19-20,23-24,26,35,39,44H,1,4,6,10,16-18,21-22,25,27-29H2,2-3H3/b32-26?,36-11+. The zero-order valence-electron chi connectivity index (χ0n) is 27.7. The summed E-state index contributed by atoms with van der Waals surface area (Å²) in [6.07, 6.45) is 15.2. The molecule has 3 nitrogen and oxygen atoms in total. The molecule has 4 heteroatoms. The fourth-order valence-electron chi connectivity index (χ4n) is 7.19. The van der Waals surface area contributed by atoms with Gasteiger partial charge in [0.15, 0.2) is 0 Å². The van der Waals surface area contributed by atoms with Crippen molar-refractivity contribution in [2.24, 2.45) is 0 Å². The third-order valence-corrected chi connectivity index (χ3v) is 10.0. The van der Waals surface area contributed by atoms with Crippen molar-refractivity contribution in [1.29, 1.82) is 0 Å². The Morgan fingerprint density at radius 3 is 2.46 bits per heavy atom. The number of halogens is 1. The maximum atomic E-state index is 12.3. The van der Waals surface area contributed by atoms with E-state index in [1.807, 2.05) is 23.1 Å². The number of benzene rings is 3. The van der Waals surface area contributed by atoms with Crippen LogP contribution in [0.1, 0.15) is 84.7 Å². The Morgan fingerprint density at radius 2 is 1.76 bits per heavy atom. The van der Waals surface area contributed by atoms with E-state index in [-0.39, 0.29) is 6.04 Å². The molecule has 2 aliphatic rings. The number of aryl methyl sites for hydroxylation is 2. The number of rotatable bonds is 13. The highest BCUT2D eigenvalue weighted by Gasteiger charge is 2.25. The van der Waals surface area contributed by atoms with Crippen LogP contribution in [0.15, 0.2) is 115 Å². The van der Waals surface area contributed by atoms with Gasteiger partial charge in [0.2, 0.25) is 5.91 Å². The van der Waals surface area contributed by atoms with Crippen LogP contribution in [0.5, 0.6) is 0 Å². The molecular weight excluding hydrogens is 584 g/mol. The van der Waals surface area contributed by atoms with Gasteiger partial charge in [-0.3, -0.25) is 4.79 Å². The maximum Gasteiger partial charge on any atom is 0.222 e. The molecule has 1 unspecified atom stereocenters. The summed E-state index contributed by atoms with van der Waals surface area (Å²) in [4.78, 5) is 14.4. The quantitative estimate of drug-likeness (QED) is 0.150. The van der Waals surface area contributed by atoms with Crippen LogP contribution in [-0.4, -0.2) is 23.4 Å². The molecular formula is C42H49ClN2O. The van der Waals surface area contributed by atoms with Crippen molar-refractivity contribution < 1.29 is 4.79 Å². The number of hydrogen-bond acceptors (Lipinski definition) is 2. The van der Waals surface area contributed by atoms with E-state index in [4.69, 9.17) is 11.6 Å². The van der Waals surface area contributed by atoms with Crippen LogP contribution in [0, 0.1) is 6.92 Å². The van der Waals surface area contributed by atoms with Crippen molar-refractivity contribution in [2.75, 3.05) is 6.54 Å². The van der Waals surface area contributed by atoms with Gasteiger partial charge in [-0.15, -0.1) is 0 Å². The Balaban J connectivity index is 1.32. The zero-order chi connectivity index (χ0) is 32.5. The van der Waals surface area contributed by atoms with Crippen LogP contribution < -0.4 is 5.32 Å². The zero-order valence-corrected chi connectivity index (χ0v) is 28.4. The van der Waals surface area contributed by atoms with E-state index in [1.165, 1.54) is 39.0 Å². The van der Waals surface area contributed by atoms with Crippen molar-refractivity contribution in [1.82, 2.24) is 10.2 Å². The monoisotopic (exact) mass is 632 g/mol. The SMILES string of the molecule is C=C/C=C(\Cc1c(C)cccc1CC)C(=C)NC(C=C1CCC(c2ccccc2CN2CCCC2=O)CC1)Cc1ccc(Cl)cc1. The molecule has 0 bridgehead atoms. The van der Waals surface area contributed by atoms with Gasteiger partial charge >= 0.3 is 0 Å². The van der Waals surface area contributed by atoms with Gasteiger partial charge in [0, 0.05) is 36.3 Å². The first kappa shape index (κ1) is 33.5. The molecule has 1 N–H and O–H groups in total. The van der Waals surface area contributed by atoms with Crippen LogP contribution in [0.25, 0.3) is 0 Å². The normalized spacial score (nSPS) is 17.6. The molecule has 0 radical (unpaired) electrons. The van der Waals surface area contributed by atoms with Crippen molar-refractivity contribution in [3.05, 3.63) is 153 Å². The molecule has 240 valence electrons. The summed E-state index contributed by atoms with van der Waals surface area (Å²) in [6, 6.07) is 23.7. The average Bonchev–Trinajstić information content (AvgIpc) is 3.47. The van der Waals surface area contributed by atoms with Gasteiger partial charge in [0.05, 0.1) is 0 Å². The maximum absolute atomic E-state index is 12.3. The Hall–Kier alpha value is -3.82. The minimum Gasteiger partial charge on any atom is -0.379 e. The minimum atomic E-state index is 0.101. The highest BCUT2D eigenvalue weighted by atomic mass is 35.5. The summed E-state index contributed by atoms with van der Waals surface area (Å²) in [7, 11) is 0. The lowest BCUT2D eigenvalue weighted by Gasteiger charge is -2.29. The fourth-order valence-corrected chi connectivity index (χ4v) is 7.32. The molecule has 1 saturated heterocycles. The molecule has 1 saturated carbocycles. The van der Waals surface area contributed by atoms with Crippen LogP contribution in [-0.2, 0) is 30.6 Å². The van der Waals surface area contributed by atoms with E-state index < -0.39 is 0 Å². The molecule has 3 aromatic carbocycles. The van der Waals surface area contributed by atoms with Crippen LogP contribution >= 0.6 is 11.6 Å². The first-order valence-electron chi connectivity index (χ1n) is 17.0. The van der Waals surface area contributed by atoms with Crippen molar-refractivity contribution >= 4 is 17.5 Å². The lowest BCUT2D eigenvalue weighted by atomic mass is 9.79. The predicted octanol–water partition coefficient (Wildman–Crippen LogP) is 9.99. The molecule has 1 heterocycles. The summed E-state index contributed by atoms with van der Waals surface area (Å²) < 4.78 is 0. The summed E-state index contributed by atoms with van der Waals surface area (Å²) in [6.45, 7) is 14.6. The summed E-state index contributed by atoms with van der Waals surface area (Å²) in [5.74, 6) is 0.813. The lowest BCUT2D eigenvalue weighted by Crippen LogP contribution is -2.30. The fraction of sp³-hybridized carbons (Fsp3) is 0.357. The van der Waals surface area contributed by atoms with Crippen LogP contribution in [0.2, 0.25) is 5.02 Å². The molecule has 3 aromatic rings. The number of carbonyl (C=O) groups is 1. The Bertz CT molecular complexity index is 1590. The number of nitrogens with zero attached hydrogens (tertiary/aromatic N) is 1. The van der Waals surface area contributed by atoms with E-state index >= 15 is 0 Å². The Labute approximate surface area is 281 Å². The van der Waals surface area contributed by atoms with Gasteiger partial charge in [-0.1, -0.05) is 110 Å². The minimum absolute atomic E-state index is 0.101. The molecule has 2 fully saturated rings. The first-order valence-corrected chi connectivity index (χ1v) is 17.4. The van der Waals surface area contributed by atoms with Crippen LogP contribution in [0.3, 0.4) is 0 Å². The summed E-state index contributed by atoms with van der Waals surface area (Å²) >= 11 is 6.23. The molecule has 1 atom stereocenters. The third kappa shape index (κ3) is 8.70. The number of amides is 1. The third-order valence-electron chi connectivity index (χ3n) is 9.78. The molecule has 0 spiro atoms. The van der Waals surface area contributed by atoms with Gasteiger partial charge in [0.1, 0.15) is 0 Å².